The van der Waals surface area contributed by atoms with Crippen molar-refractivity contribution in [3.05, 3.63) is 24.3 Å². The molecule has 0 radical (unpaired) electrons. The van der Waals surface area contributed by atoms with Gasteiger partial charge in [-0.15, -0.1) is 0 Å². The van der Waals surface area contributed by atoms with Crippen molar-refractivity contribution in [2.24, 2.45) is 0 Å². The SMILES string of the molecule is CCCC(=O)/C=C/C=C/C(=O)N(C)OC. The molecule has 0 atom stereocenters. The minimum Gasteiger partial charge on any atom is -0.295 e. The van der Waals surface area contributed by atoms with Crippen LogP contribution in [0.2, 0.25) is 0 Å². The normalized spacial score (nSPS) is 11.1. The summed E-state index contributed by atoms with van der Waals surface area (Å²) in [4.78, 5) is 26.8. The fourth-order valence-electron chi connectivity index (χ4n) is 0.825. The first kappa shape index (κ1) is 13.6. The van der Waals surface area contributed by atoms with Crippen molar-refractivity contribution >= 4 is 11.7 Å². The maximum atomic E-state index is 11.1. The molecule has 0 N–H and O–H groups in total. The molecule has 0 saturated carbocycles. The molecular weight excluding hydrogens is 194 g/mol. The van der Waals surface area contributed by atoms with Crippen molar-refractivity contribution in [1.82, 2.24) is 5.06 Å². The van der Waals surface area contributed by atoms with Crippen LogP contribution in [-0.2, 0) is 14.4 Å². The van der Waals surface area contributed by atoms with Gasteiger partial charge >= 0.3 is 0 Å². The summed E-state index contributed by atoms with van der Waals surface area (Å²) < 4.78 is 0. The zero-order valence-corrected chi connectivity index (χ0v) is 9.40. The number of hydrogen-bond donors (Lipinski definition) is 0. The predicted molar refractivity (Wildman–Crippen MR) is 58.0 cm³/mol. The number of nitrogens with zero attached hydrogens (tertiary/aromatic N) is 1. The number of carbonyl (C=O) groups is 2. The summed E-state index contributed by atoms with van der Waals surface area (Å²) in [5.74, 6) is -0.209. The largest absolute Gasteiger partial charge is 0.295 e. The van der Waals surface area contributed by atoms with Crippen LogP contribution in [-0.4, -0.2) is 30.9 Å². The summed E-state index contributed by atoms with van der Waals surface area (Å²) in [7, 11) is 2.92. The highest BCUT2D eigenvalue weighted by molar-refractivity contribution is 5.90. The van der Waals surface area contributed by atoms with E-state index in [2.05, 4.69) is 4.84 Å². The van der Waals surface area contributed by atoms with Gasteiger partial charge in [-0.25, -0.2) is 5.06 Å². The number of rotatable bonds is 6. The van der Waals surface area contributed by atoms with Crippen LogP contribution in [0.3, 0.4) is 0 Å². The van der Waals surface area contributed by atoms with Crippen LogP contribution >= 0.6 is 0 Å². The Hall–Kier alpha value is -1.42. The van der Waals surface area contributed by atoms with Gasteiger partial charge in [-0.2, -0.15) is 0 Å². The van der Waals surface area contributed by atoms with Gasteiger partial charge in [-0.3, -0.25) is 14.4 Å². The van der Waals surface area contributed by atoms with E-state index in [1.54, 1.807) is 6.08 Å². The fraction of sp³-hybridized carbons (Fsp3) is 0.455. The highest BCUT2D eigenvalue weighted by Gasteiger charge is 2.00. The van der Waals surface area contributed by atoms with Crippen LogP contribution in [0.1, 0.15) is 19.8 Å². The predicted octanol–water partition coefficient (Wildman–Crippen LogP) is 1.49. The molecule has 0 saturated heterocycles. The van der Waals surface area contributed by atoms with E-state index < -0.39 is 0 Å². The second kappa shape index (κ2) is 7.94. The molecule has 1 amide bonds. The Morgan fingerprint density at radius 3 is 2.40 bits per heavy atom. The number of carbonyl (C=O) groups excluding carboxylic acids is 2. The molecule has 0 aliphatic carbocycles. The van der Waals surface area contributed by atoms with E-state index in [1.165, 1.54) is 32.4 Å². The summed E-state index contributed by atoms with van der Waals surface area (Å²) >= 11 is 0. The minimum absolute atomic E-state index is 0.0645. The topological polar surface area (TPSA) is 46.6 Å². The average Bonchev–Trinajstić information content (AvgIpc) is 2.23. The van der Waals surface area contributed by atoms with Gasteiger partial charge in [-0.05, 0) is 12.5 Å². The fourth-order valence-corrected chi connectivity index (χ4v) is 0.825. The molecule has 0 bridgehead atoms. The molecule has 0 heterocycles. The Morgan fingerprint density at radius 2 is 1.87 bits per heavy atom. The van der Waals surface area contributed by atoms with Crippen molar-refractivity contribution in [2.45, 2.75) is 19.8 Å². The van der Waals surface area contributed by atoms with Crippen LogP contribution in [0.5, 0.6) is 0 Å². The van der Waals surface area contributed by atoms with Gasteiger partial charge in [0.2, 0.25) is 0 Å². The Kier molecular flexibility index (Phi) is 7.18. The molecular formula is C11H17NO3. The molecule has 0 spiro atoms. The van der Waals surface area contributed by atoms with Crippen LogP contribution in [0, 0.1) is 0 Å². The third kappa shape index (κ3) is 6.62. The monoisotopic (exact) mass is 211 g/mol. The lowest BCUT2D eigenvalue weighted by molar-refractivity contribution is -0.162. The standard InChI is InChI=1S/C11H17NO3/c1-4-7-10(13)8-5-6-9-11(14)12(2)15-3/h5-6,8-9H,4,7H2,1-3H3/b8-5+,9-6+. The molecule has 0 aliphatic rings. The van der Waals surface area contributed by atoms with Crippen LogP contribution in [0.25, 0.3) is 0 Å². The van der Waals surface area contributed by atoms with Crippen LogP contribution in [0.4, 0.5) is 0 Å². The van der Waals surface area contributed by atoms with Gasteiger partial charge in [0.1, 0.15) is 0 Å². The summed E-state index contributed by atoms with van der Waals surface area (Å²) in [6.07, 6.45) is 7.23. The molecule has 15 heavy (non-hydrogen) atoms. The van der Waals surface area contributed by atoms with E-state index in [0.29, 0.717) is 6.42 Å². The zero-order chi connectivity index (χ0) is 11.7. The number of ketones is 1. The Balaban J connectivity index is 3.98. The van der Waals surface area contributed by atoms with Crippen molar-refractivity contribution in [2.75, 3.05) is 14.2 Å². The van der Waals surface area contributed by atoms with Crippen molar-refractivity contribution in [3.63, 3.8) is 0 Å². The number of hydroxylamine groups is 2. The van der Waals surface area contributed by atoms with Gasteiger partial charge in [0.15, 0.2) is 5.78 Å². The van der Waals surface area contributed by atoms with E-state index >= 15 is 0 Å². The summed E-state index contributed by atoms with van der Waals surface area (Å²) in [5.41, 5.74) is 0. The van der Waals surface area contributed by atoms with E-state index in [4.69, 9.17) is 0 Å². The maximum absolute atomic E-state index is 11.1. The lowest BCUT2D eigenvalue weighted by atomic mass is 10.2. The molecule has 0 aliphatic heterocycles. The molecule has 0 aromatic carbocycles. The smallest absolute Gasteiger partial charge is 0.269 e. The zero-order valence-electron chi connectivity index (χ0n) is 9.40. The van der Waals surface area contributed by atoms with Gasteiger partial charge in [0.05, 0.1) is 7.11 Å². The summed E-state index contributed by atoms with van der Waals surface area (Å²) in [5, 5.41) is 1.10. The Labute approximate surface area is 90.2 Å². The van der Waals surface area contributed by atoms with Crippen LogP contribution in [0.15, 0.2) is 24.3 Å². The number of amides is 1. The average molecular weight is 211 g/mol. The highest BCUT2D eigenvalue weighted by Crippen LogP contribution is 1.92. The maximum Gasteiger partial charge on any atom is 0.269 e. The van der Waals surface area contributed by atoms with E-state index in [9.17, 15) is 9.59 Å². The van der Waals surface area contributed by atoms with Crippen LogP contribution < -0.4 is 0 Å². The van der Waals surface area contributed by atoms with Crippen molar-refractivity contribution in [3.8, 4) is 0 Å². The quantitative estimate of drug-likeness (QED) is 0.380. The third-order valence-electron chi connectivity index (χ3n) is 1.71. The minimum atomic E-state index is -0.273. The summed E-state index contributed by atoms with van der Waals surface area (Å²) in [6.45, 7) is 1.94. The van der Waals surface area contributed by atoms with Gasteiger partial charge < -0.3 is 0 Å². The van der Waals surface area contributed by atoms with Crippen molar-refractivity contribution in [1.29, 1.82) is 0 Å². The molecule has 4 heteroatoms. The lowest BCUT2D eigenvalue weighted by Crippen LogP contribution is -2.22. The molecule has 0 rings (SSSR count). The summed E-state index contributed by atoms with van der Waals surface area (Å²) in [6, 6.07) is 0. The van der Waals surface area contributed by atoms with Gasteiger partial charge in [-0.1, -0.05) is 19.1 Å². The molecule has 0 aromatic heterocycles. The van der Waals surface area contributed by atoms with E-state index in [0.717, 1.165) is 11.5 Å². The molecule has 0 unspecified atom stereocenters. The first-order valence-corrected chi connectivity index (χ1v) is 4.81. The third-order valence-corrected chi connectivity index (χ3v) is 1.71. The Morgan fingerprint density at radius 1 is 1.27 bits per heavy atom. The Bertz CT molecular complexity index is 269. The second-order valence-corrected chi connectivity index (χ2v) is 2.95. The molecule has 84 valence electrons. The number of hydrogen-bond acceptors (Lipinski definition) is 3. The van der Waals surface area contributed by atoms with Crippen molar-refractivity contribution < 1.29 is 14.4 Å². The van der Waals surface area contributed by atoms with E-state index in [1.807, 2.05) is 6.92 Å². The van der Waals surface area contributed by atoms with Gasteiger partial charge in [0, 0.05) is 19.5 Å². The molecule has 4 nitrogen and oxygen atoms in total. The number of likely N-dealkylation sites (N-methyl/N-ethyl adjacent to an activating group) is 1. The number of allylic oxidation sites excluding steroid dienone is 3. The molecule has 0 aromatic rings. The first-order valence-electron chi connectivity index (χ1n) is 4.81. The molecule has 0 fully saturated rings. The lowest BCUT2D eigenvalue weighted by Gasteiger charge is -2.09. The second-order valence-electron chi connectivity index (χ2n) is 2.95. The first-order chi connectivity index (χ1) is 7.11. The highest BCUT2D eigenvalue weighted by atomic mass is 16.7. The van der Waals surface area contributed by atoms with Gasteiger partial charge in [0.25, 0.3) is 5.91 Å². The van der Waals surface area contributed by atoms with E-state index in [-0.39, 0.29) is 11.7 Å².